The minimum Gasteiger partial charge on any atom is -0.481 e. The summed E-state index contributed by atoms with van der Waals surface area (Å²) in [6, 6.07) is 7.69. The molecule has 31 heavy (non-hydrogen) atoms. The number of carbonyl (C=O) groups excluding carboxylic acids is 2. The van der Waals surface area contributed by atoms with Crippen molar-refractivity contribution in [3.8, 4) is 5.75 Å². The van der Waals surface area contributed by atoms with E-state index in [4.69, 9.17) is 4.74 Å². The summed E-state index contributed by atoms with van der Waals surface area (Å²) in [6.07, 6.45) is 1.93. The van der Waals surface area contributed by atoms with Crippen LogP contribution in [0, 0.1) is 0 Å². The monoisotopic (exact) mass is 460 g/mol. The topological polar surface area (TPSA) is 111 Å². The van der Waals surface area contributed by atoms with Crippen LogP contribution in [0.5, 0.6) is 5.75 Å². The fourth-order valence-electron chi connectivity index (χ4n) is 2.57. The Morgan fingerprint density at radius 1 is 1.26 bits per heavy atom. The molecule has 0 fully saturated rings. The van der Waals surface area contributed by atoms with Crippen molar-refractivity contribution in [3.05, 3.63) is 47.2 Å². The van der Waals surface area contributed by atoms with Gasteiger partial charge in [-0.25, -0.2) is 4.98 Å². The molecule has 2 amide bonds. The van der Waals surface area contributed by atoms with E-state index >= 15 is 0 Å². The van der Waals surface area contributed by atoms with Crippen LogP contribution in [0.3, 0.4) is 0 Å². The number of carbonyl (C=O) groups is 2. The number of hydrogen-bond donors (Lipinski definition) is 2. The molecule has 0 bridgehead atoms. The van der Waals surface area contributed by atoms with Gasteiger partial charge in [0.15, 0.2) is 22.2 Å². The second kappa shape index (κ2) is 10.9. The second-order valence-electron chi connectivity index (χ2n) is 6.61. The molecule has 2 heterocycles. The van der Waals surface area contributed by atoms with Crippen LogP contribution in [-0.4, -0.2) is 43.4 Å². The van der Waals surface area contributed by atoms with Crippen molar-refractivity contribution in [3.63, 3.8) is 0 Å². The predicted octanol–water partition coefficient (Wildman–Crippen LogP) is 2.65. The average molecular weight is 461 g/mol. The van der Waals surface area contributed by atoms with Gasteiger partial charge < -0.3 is 19.9 Å². The Balaban J connectivity index is 1.45. The van der Waals surface area contributed by atoms with Gasteiger partial charge in [-0.2, -0.15) is 0 Å². The number of benzene rings is 1. The summed E-state index contributed by atoms with van der Waals surface area (Å²) in [4.78, 5) is 28.4. The number of hydrogen-bond acceptors (Lipinski definition) is 8. The van der Waals surface area contributed by atoms with Gasteiger partial charge in [0.05, 0.1) is 12.3 Å². The third-order valence-corrected chi connectivity index (χ3v) is 6.08. The lowest BCUT2D eigenvalue weighted by atomic mass is 10.2. The maximum absolute atomic E-state index is 12.4. The summed E-state index contributed by atoms with van der Waals surface area (Å²) in [7, 11) is 1.79. The van der Waals surface area contributed by atoms with E-state index in [1.165, 1.54) is 28.7 Å². The molecule has 1 aromatic carbocycles. The highest BCUT2D eigenvalue weighted by Crippen LogP contribution is 2.17. The first kappa shape index (κ1) is 22.8. The molecule has 0 saturated carbocycles. The third-order valence-electron chi connectivity index (χ3n) is 4.37. The van der Waals surface area contributed by atoms with Crippen LogP contribution in [-0.2, 0) is 29.6 Å². The normalized spacial score (nSPS) is 11.7. The molecule has 0 aliphatic carbocycles. The van der Waals surface area contributed by atoms with E-state index < -0.39 is 6.10 Å². The first-order chi connectivity index (χ1) is 15.0. The molecular formula is C20H24N6O3S2. The van der Waals surface area contributed by atoms with Gasteiger partial charge in [-0.15, -0.1) is 21.5 Å². The summed E-state index contributed by atoms with van der Waals surface area (Å²) in [5.41, 5.74) is 1.21. The Kier molecular flexibility index (Phi) is 8.01. The van der Waals surface area contributed by atoms with E-state index in [9.17, 15) is 9.59 Å². The molecule has 0 radical (unpaired) electrons. The smallest absolute Gasteiger partial charge is 0.261 e. The first-order valence-corrected chi connectivity index (χ1v) is 11.6. The summed E-state index contributed by atoms with van der Waals surface area (Å²) < 4.78 is 7.45. The van der Waals surface area contributed by atoms with Crippen LogP contribution in [0.4, 0.5) is 5.13 Å². The fourth-order valence-corrected chi connectivity index (χ4v) is 3.84. The Labute approximate surface area is 188 Å². The molecule has 0 unspecified atom stereocenters. The summed E-state index contributed by atoms with van der Waals surface area (Å²) >= 11 is 2.62. The summed E-state index contributed by atoms with van der Waals surface area (Å²) in [5.74, 6) is 0.985. The number of aromatic nitrogens is 4. The highest BCUT2D eigenvalue weighted by molar-refractivity contribution is 7.99. The van der Waals surface area contributed by atoms with Crippen molar-refractivity contribution >= 4 is 40.0 Å². The van der Waals surface area contributed by atoms with E-state index in [1.807, 2.05) is 24.3 Å². The zero-order valence-corrected chi connectivity index (χ0v) is 19.1. The summed E-state index contributed by atoms with van der Waals surface area (Å²) in [5, 5.41) is 16.6. The van der Waals surface area contributed by atoms with Gasteiger partial charge in [0.2, 0.25) is 5.91 Å². The van der Waals surface area contributed by atoms with Crippen molar-refractivity contribution in [1.29, 1.82) is 0 Å². The third kappa shape index (κ3) is 6.53. The molecular weight excluding hydrogens is 436 g/mol. The molecule has 3 rings (SSSR count). The highest BCUT2D eigenvalue weighted by Gasteiger charge is 2.17. The van der Waals surface area contributed by atoms with Gasteiger partial charge in [0, 0.05) is 18.6 Å². The molecule has 0 spiro atoms. The van der Waals surface area contributed by atoms with Gasteiger partial charge >= 0.3 is 0 Å². The zero-order valence-electron chi connectivity index (χ0n) is 17.5. The molecule has 2 aromatic heterocycles. The number of anilines is 1. The number of nitrogens with zero attached hydrogens (tertiary/aromatic N) is 4. The van der Waals surface area contributed by atoms with E-state index in [0.717, 1.165) is 6.42 Å². The van der Waals surface area contributed by atoms with Crippen molar-refractivity contribution in [2.45, 2.75) is 38.1 Å². The lowest BCUT2D eigenvalue weighted by Crippen LogP contribution is -2.36. The van der Waals surface area contributed by atoms with Crippen molar-refractivity contribution in [1.82, 2.24) is 25.1 Å². The lowest BCUT2D eigenvalue weighted by molar-refractivity contribution is -0.127. The van der Waals surface area contributed by atoms with Gasteiger partial charge in [-0.05, 0) is 31.0 Å². The Morgan fingerprint density at radius 2 is 2.03 bits per heavy atom. The fraction of sp³-hybridized carbons (Fsp3) is 0.350. The average Bonchev–Trinajstić information content (AvgIpc) is 3.40. The Morgan fingerprint density at radius 3 is 2.71 bits per heavy atom. The molecule has 2 N–H and O–H groups in total. The van der Waals surface area contributed by atoms with Crippen LogP contribution in [0.25, 0.3) is 0 Å². The van der Waals surface area contributed by atoms with Crippen LogP contribution >= 0.6 is 23.1 Å². The maximum atomic E-state index is 12.4. The molecule has 3 aromatic rings. The minimum atomic E-state index is -0.649. The molecule has 164 valence electrons. The van der Waals surface area contributed by atoms with Crippen molar-refractivity contribution in [2.75, 3.05) is 11.1 Å². The van der Waals surface area contributed by atoms with Gasteiger partial charge in [0.25, 0.3) is 5.91 Å². The highest BCUT2D eigenvalue weighted by atomic mass is 32.2. The van der Waals surface area contributed by atoms with Crippen LogP contribution < -0.4 is 15.4 Å². The standard InChI is InChI=1S/C20H24N6O3S2/c1-4-14-5-7-15(8-6-14)29-13(2)18(28)22-11-16-24-25-20(26(16)3)31-12-17(27)23-19-21-9-10-30-19/h5-10,13H,4,11-12H2,1-3H3,(H,22,28)(H,21,23,27)/t13-/m1/s1. The Bertz CT molecular complexity index is 1000. The number of ether oxygens (including phenoxy) is 1. The minimum absolute atomic E-state index is 0.171. The maximum Gasteiger partial charge on any atom is 0.261 e. The molecule has 1 atom stereocenters. The van der Waals surface area contributed by atoms with E-state index in [1.54, 1.807) is 30.1 Å². The Hall–Kier alpha value is -2.92. The number of thiazole rings is 1. The molecule has 0 aliphatic rings. The first-order valence-electron chi connectivity index (χ1n) is 9.70. The van der Waals surface area contributed by atoms with Crippen LogP contribution in [0.2, 0.25) is 0 Å². The van der Waals surface area contributed by atoms with E-state index in [2.05, 4.69) is 32.7 Å². The quantitative estimate of drug-likeness (QED) is 0.448. The van der Waals surface area contributed by atoms with Crippen LogP contribution in [0.15, 0.2) is 41.0 Å². The lowest BCUT2D eigenvalue weighted by Gasteiger charge is -2.15. The number of nitrogens with one attached hydrogen (secondary N) is 2. The van der Waals surface area contributed by atoms with Crippen molar-refractivity contribution in [2.24, 2.45) is 7.05 Å². The molecule has 11 heteroatoms. The SMILES string of the molecule is CCc1ccc(O[C@H](C)C(=O)NCc2nnc(SCC(=O)Nc3nccs3)n2C)cc1. The molecule has 0 saturated heterocycles. The largest absolute Gasteiger partial charge is 0.481 e. The second-order valence-corrected chi connectivity index (χ2v) is 8.44. The molecule has 0 aliphatic heterocycles. The zero-order chi connectivity index (χ0) is 22.2. The predicted molar refractivity (Wildman–Crippen MR) is 120 cm³/mol. The van der Waals surface area contributed by atoms with E-state index in [-0.39, 0.29) is 24.1 Å². The van der Waals surface area contributed by atoms with Gasteiger partial charge in [-0.1, -0.05) is 30.8 Å². The number of amides is 2. The van der Waals surface area contributed by atoms with Crippen LogP contribution in [0.1, 0.15) is 25.2 Å². The van der Waals surface area contributed by atoms with Crippen molar-refractivity contribution < 1.29 is 14.3 Å². The number of aryl methyl sites for hydroxylation is 1. The van der Waals surface area contributed by atoms with E-state index in [0.29, 0.717) is 21.9 Å². The van der Waals surface area contributed by atoms with Gasteiger partial charge in [0.1, 0.15) is 5.75 Å². The molecule has 9 nitrogen and oxygen atoms in total. The number of rotatable bonds is 10. The summed E-state index contributed by atoms with van der Waals surface area (Å²) in [6.45, 7) is 3.98. The number of thioether (sulfide) groups is 1. The van der Waals surface area contributed by atoms with Gasteiger partial charge in [-0.3, -0.25) is 9.59 Å².